The summed E-state index contributed by atoms with van der Waals surface area (Å²) in [6, 6.07) is 7.90. The van der Waals surface area contributed by atoms with Gasteiger partial charge < -0.3 is 10.6 Å². The normalized spacial score (nSPS) is 19.6. The van der Waals surface area contributed by atoms with Crippen molar-refractivity contribution in [3.63, 3.8) is 0 Å². The topological polar surface area (TPSA) is 71.1 Å². The highest BCUT2D eigenvalue weighted by atomic mass is 19.4. The van der Waals surface area contributed by atoms with Crippen LogP contribution in [0.25, 0.3) is 0 Å². The molecule has 1 aromatic carbocycles. The fraction of sp³-hybridized carbons (Fsp3) is 0.278. The van der Waals surface area contributed by atoms with Gasteiger partial charge >= 0.3 is 6.18 Å². The third kappa shape index (κ3) is 4.07. The Labute approximate surface area is 151 Å². The molecule has 9 heteroatoms. The van der Waals surface area contributed by atoms with Crippen molar-refractivity contribution in [3.05, 3.63) is 65.2 Å². The number of benzene rings is 1. The first kappa shape index (κ1) is 18.8. The van der Waals surface area contributed by atoms with Crippen LogP contribution in [0.15, 0.2) is 42.6 Å². The van der Waals surface area contributed by atoms with E-state index in [9.17, 15) is 27.2 Å². The number of halogens is 4. The van der Waals surface area contributed by atoms with E-state index in [2.05, 4.69) is 15.6 Å². The lowest BCUT2D eigenvalue weighted by Crippen LogP contribution is -2.37. The van der Waals surface area contributed by atoms with E-state index in [-0.39, 0.29) is 18.7 Å². The van der Waals surface area contributed by atoms with E-state index >= 15 is 0 Å². The van der Waals surface area contributed by atoms with E-state index in [1.165, 1.54) is 24.3 Å². The van der Waals surface area contributed by atoms with Gasteiger partial charge in [-0.2, -0.15) is 13.2 Å². The van der Waals surface area contributed by atoms with E-state index in [1.807, 2.05) is 0 Å². The Morgan fingerprint density at radius 1 is 1.22 bits per heavy atom. The summed E-state index contributed by atoms with van der Waals surface area (Å²) >= 11 is 0. The number of amides is 2. The third-order valence-corrected chi connectivity index (χ3v) is 4.38. The zero-order chi connectivity index (χ0) is 19.6. The van der Waals surface area contributed by atoms with Crippen molar-refractivity contribution in [3.8, 4) is 0 Å². The maximum Gasteiger partial charge on any atom is 0.433 e. The van der Waals surface area contributed by atoms with Crippen LogP contribution in [-0.2, 0) is 22.3 Å². The number of nitrogens with one attached hydrogen (secondary N) is 2. The molecule has 2 atom stereocenters. The van der Waals surface area contributed by atoms with Gasteiger partial charge in [0, 0.05) is 30.8 Å². The molecule has 1 aliphatic rings. The number of nitrogens with zero attached hydrogens (tertiary/aromatic N) is 1. The molecule has 2 aromatic rings. The molecule has 3 rings (SSSR count). The van der Waals surface area contributed by atoms with E-state index in [0.29, 0.717) is 5.56 Å². The van der Waals surface area contributed by atoms with Crippen molar-refractivity contribution in [1.29, 1.82) is 0 Å². The van der Waals surface area contributed by atoms with Crippen LogP contribution < -0.4 is 10.6 Å². The van der Waals surface area contributed by atoms with Gasteiger partial charge in [-0.15, -0.1) is 0 Å². The molecule has 0 saturated carbocycles. The number of carbonyl (C=O) groups excluding carboxylic acids is 2. The molecule has 5 nitrogen and oxygen atoms in total. The first-order valence-electron chi connectivity index (χ1n) is 8.09. The Bertz CT molecular complexity index is 852. The monoisotopic (exact) mass is 381 g/mol. The zero-order valence-electron chi connectivity index (χ0n) is 13.9. The summed E-state index contributed by atoms with van der Waals surface area (Å²) in [5.41, 5.74) is -0.450. The average molecular weight is 381 g/mol. The smallest absolute Gasteiger partial charge is 0.355 e. The number of rotatable bonds is 4. The minimum atomic E-state index is -4.57. The molecule has 27 heavy (non-hydrogen) atoms. The predicted octanol–water partition coefficient (Wildman–Crippen LogP) is 2.39. The van der Waals surface area contributed by atoms with Crippen LogP contribution in [0.4, 0.5) is 17.6 Å². The number of hydrogen-bond acceptors (Lipinski definition) is 3. The van der Waals surface area contributed by atoms with Gasteiger partial charge in [-0.25, -0.2) is 4.39 Å². The molecule has 2 amide bonds. The molecule has 1 saturated heterocycles. The summed E-state index contributed by atoms with van der Waals surface area (Å²) < 4.78 is 51.5. The highest BCUT2D eigenvalue weighted by Gasteiger charge is 2.41. The summed E-state index contributed by atoms with van der Waals surface area (Å²) in [6.07, 6.45) is -3.55. The quantitative estimate of drug-likeness (QED) is 0.631. The first-order chi connectivity index (χ1) is 12.8. The van der Waals surface area contributed by atoms with Crippen molar-refractivity contribution < 1.29 is 27.2 Å². The molecule has 0 spiro atoms. The number of pyridine rings is 1. The second kappa shape index (κ2) is 7.34. The minimum Gasteiger partial charge on any atom is -0.355 e. The molecule has 1 aliphatic heterocycles. The molecule has 2 unspecified atom stereocenters. The highest BCUT2D eigenvalue weighted by molar-refractivity contribution is 6.02. The van der Waals surface area contributed by atoms with E-state index in [4.69, 9.17) is 0 Å². The molecular formula is C18H15F4N3O2. The van der Waals surface area contributed by atoms with Crippen molar-refractivity contribution in [1.82, 2.24) is 15.6 Å². The van der Waals surface area contributed by atoms with E-state index < -0.39 is 41.3 Å². The third-order valence-electron chi connectivity index (χ3n) is 4.38. The van der Waals surface area contributed by atoms with Crippen LogP contribution in [0.5, 0.6) is 0 Å². The zero-order valence-corrected chi connectivity index (χ0v) is 13.9. The van der Waals surface area contributed by atoms with Crippen LogP contribution in [0, 0.1) is 11.7 Å². The summed E-state index contributed by atoms with van der Waals surface area (Å²) in [5.74, 6) is -3.44. The average Bonchev–Trinajstić information content (AvgIpc) is 3.02. The van der Waals surface area contributed by atoms with Crippen molar-refractivity contribution >= 4 is 11.8 Å². The van der Waals surface area contributed by atoms with Gasteiger partial charge in [-0.1, -0.05) is 24.3 Å². The van der Waals surface area contributed by atoms with Gasteiger partial charge in [0.05, 0.1) is 0 Å². The Balaban J connectivity index is 1.74. The summed E-state index contributed by atoms with van der Waals surface area (Å²) in [7, 11) is 0. The van der Waals surface area contributed by atoms with Crippen LogP contribution >= 0.6 is 0 Å². The molecule has 0 radical (unpaired) electrons. The van der Waals surface area contributed by atoms with Crippen molar-refractivity contribution in [2.24, 2.45) is 5.92 Å². The van der Waals surface area contributed by atoms with Crippen LogP contribution in [0.2, 0.25) is 0 Å². The molecule has 1 fully saturated rings. The van der Waals surface area contributed by atoms with Gasteiger partial charge in [0.2, 0.25) is 11.8 Å². The standard InChI is InChI=1S/C18H15F4N3O2/c19-13-4-2-1-3-11(13)8-24-16(26)15-12(9-25-17(15)27)10-5-6-14(23-7-10)18(20,21)22/h1-7,12,15H,8-9H2,(H,24,26)(H,25,27). The lowest BCUT2D eigenvalue weighted by atomic mass is 9.88. The SMILES string of the molecule is O=C(NCc1ccccc1F)C1C(=O)NCC1c1ccc(C(F)(F)F)nc1. The second-order valence-electron chi connectivity index (χ2n) is 6.11. The van der Waals surface area contributed by atoms with Crippen molar-refractivity contribution in [2.45, 2.75) is 18.6 Å². The van der Waals surface area contributed by atoms with Gasteiger partial charge in [0.1, 0.15) is 17.4 Å². The Morgan fingerprint density at radius 2 is 1.96 bits per heavy atom. The van der Waals surface area contributed by atoms with E-state index in [1.54, 1.807) is 6.07 Å². The number of aromatic nitrogens is 1. The maximum absolute atomic E-state index is 13.6. The summed E-state index contributed by atoms with van der Waals surface area (Å²) in [4.78, 5) is 27.9. The maximum atomic E-state index is 13.6. The summed E-state index contributed by atoms with van der Waals surface area (Å²) in [6.45, 7) is -0.00304. The lowest BCUT2D eigenvalue weighted by Gasteiger charge is -2.17. The number of hydrogen-bond donors (Lipinski definition) is 2. The molecule has 142 valence electrons. The largest absolute Gasteiger partial charge is 0.433 e. The van der Waals surface area contributed by atoms with Crippen LogP contribution in [-0.4, -0.2) is 23.3 Å². The van der Waals surface area contributed by atoms with E-state index in [0.717, 1.165) is 12.3 Å². The van der Waals surface area contributed by atoms with Gasteiger partial charge in [0.25, 0.3) is 0 Å². The number of alkyl halides is 3. The van der Waals surface area contributed by atoms with Gasteiger partial charge in [0.15, 0.2) is 0 Å². The summed E-state index contributed by atoms with van der Waals surface area (Å²) in [5, 5.41) is 5.04. The molecule has 1 aromatic heterocycles. The van der Waals surface area contributed by atoms with Crippen LogP contribution in [0.1, 0.15) is 22.7 Å². The van der Waals surface area contributed by atoms with Gasteiger partial charge in [-0.3, -0.25) is 14.6 Å². The predicted molar refractivity (Wildman–Crippen MR) is 86.7 cm³/mol. The fourth-order valence-corrected chi connectivity index (χ4v) is 2.96. The Hall–Kier alpha value is -2.97. The lowest BCUT2D eigenvalue weighted by molar-refractivity contribution is -0.141. The molecule has 0 aliphatic carbocycles. The molecule has 2 N–H and O–H groups in total. The Morgan fingerprint density at radius 3 is 2.59 bits per heavy atom. The van der Waals surface area contributed by atoms with Gasteiger partial charge in [-0.05, 0) is 17.7 Å². The molecule has 0 bridgehead atoms. The molecule has 2 heterocycles. The Kier molecular flexibility index (Phi) is 5.11. The number of carbonyl (C=O) groups is 2. The second-order valence-corrected chi connectivity index (χ2v) is 6.11. The molecular weight excluding hydrogens is 366 g/mol. The van der Waals surface area contributed by atoms with Crippen molar-refractivity contribution in [2.75, 3.05) is 6.54 Å². The fourth-order valence-electron chi connectivity index (χ4n) is 2.96. The minimum absolute atomic E-state index is 0.101. The van der Waals surface area contributed by atoms with Crippen LogP contribution in [0.3, 0.4) is 0 Å². The first-order valence-corrected chi connectivity index (χ1v) is 8.09. The highest BCUT2D eigenvalue weighted by Crippen LogP contribution is 2.32.